The second-order valence-corrected chi connectivity index (χ2v) is 6.76. The third-order valence-electron chi connectivity index (χ3n) is 5.43. The highest BCUT2D eigenvalue weighted by Crippen LogP contribution is 2.58. The van der Waals surface area contributed by atoms with Crippen molar-refractivity contribution in [2.24, 2.45) is 17.8 Å². The van der Waals surface area contributed by atoms with Crippen LogP contribution in [0.4, 0.5) is 5.69 Å². The second-order valence-electron chi connectivity index (χ2n) is 6.76. The Morgan fingerprint density at radius 3 is 2.12 bits per heavy atom. The molecule has 1 heterocycles. The number of aromatic nitrogens is 2. The first-order valence-corrected chi connectivity index (χ1v) is 6.97. The summed E-state index contributed by atoms with van der Waals surface area (Å²) in [6.07, 6.45) is 10.6. The van der Waals surface area contributed by atoms with E-state index < -0.39 is 0 Å². The predicted molar refractivity (Wildman–Crippen MR) is 67.5 cm³/mol. The largest absolute Gasteiger partial charge is 0.396 e. The van der Waals surface area contributed by atoms with Crippen LogP contribution in [0, 0.1) is 24.7 Å². The molecule has 2 N–H and O–H groups in total. The summed E-state index contributed by atoms with van der Waals surface area (Å²) in [6.45, 7) is 2.02. The third-order valence-corrected chi connectivity index (χ3v) is 5.43. The lowest BCUT2D eigenvalue weighted by Crippen LogP contribution is -2.52. The first-order valence-electron chi connectivity index (χ1n) is 6.97. The molecule has 5 rings (SSSR count). The van der Waals surface area contributed by atoms with E-state index in [9.17, 15) is 0 Å². The van der Waals surface area contributed by atoms with E-state index in [0.717, 1.165) is 29.1 Å². The first-order chi connectivity index (χ1) is 8.14. The molecule has 4 aliphatic rings. The minimum Gasteiger partial charge on any atom is -0.396 e. The van der Waals surface area contributed by atoms with Gasteiger partial charge in [0, 0.05) is 6.20 Å². The predicted octanol–water partition coefficient (Wildman–Crippen LogP) is 2.70. The van der Waals surface area contributed by atoms with E-state index in [1.807, 2.05) is 6.92 Å². The number of aryl methyl sites for hydroxylation is 1. The van der Waals surface area contributed by atoms with Crippen LogP contribution < -0.4 is 5.73 Å². The third kappa shape index (κ3) is 1.31. The molecule has 3 nitrogen and oxygen atoms in total. The highest BCUT2D eigenvalue weighted by atomic mass is 15.3. The van der Waals surface area contributed by atoms with E-state index in [1.165, 1.54) is 38.5 Å². The van der Waals surface area contributed by atoms with Crippen molar-refractivity contribution in [3.63, 3.8) is 0 Å². The van der Waals surface area contributed by atoms with Gasteiger partial charge < -0.3 is 5.73 Å². The van der Waals surface area contributed by atoms with Crippen LogP contribution in [0.1, 0.15) is 44.2 Å². The second kappa shape index (κ2) is 3.06. The van der Waals surface area contributed by atoms with E-state index in [-0.39, 0.29) is 0 Å². The molecule has 0 radical (unpaired) electrons. The number of hydrogen-bond donors (Lipinski definition) is 1. The number of nitrogens with zero attached hydrogens (tertiary/aromatic N) is 2. The van der Waals surface area contributed by atoms with E-state index in [4.69, 9.17) is 10.8 Å². The molecule has 0 atom stereocenters. The summed E-state index contributed by atoms with van der Waals surface area (Å²) >= 11 is 0. The average Bonchev–Trinajstić information content (AvgIpc) is 2.58. The topological polar surface area (TPSA) is 43.8 Å². The number of nitrogens with two attached hydrogens (primary N) is 1. The zero-order valence-corrected chi connectivity index (χ0v) is 10.5. The van der Waals surface area contributed by atoms with Crippen molar-refractivity contribution in [2.45, 2.75) is 51.0 Å². The zero-order chi connectivity index (χ0) is 11.6. The van der Waals surface area contributed by atoms with Crippen LogP contribution in [0.15, 0.2) is 6.20 Å². The van der Waals surface area contributed by atoms with Crippen molar-refractivity contribution in [1.82, 2.24) is 9.78 Å². The smallest absolute Gasteiger partial charge is 0.0823 e. The molecule has 92 valence electrons. The van der Waals surface area contributed by atoms with Gasteiger partial charge in [-0.2, -0.15) is 5.10 Å². The lowest BCUT2D eigenvalue weighted by atomic mass is 9.53. The molecule has 0 aromatic carbocycles. The highest BCUT2D eigenvalue weighted by molar-refractivity contribution is 5.40. The minimum atomic E-state index is 0.330. The van der Waals surface area contributed by atoms with Gasteiger partial charge in [0.1, 0.15) is 0 Å². The molecule has 0 amide bonds. The van der Waals surface area contributed by atoms with Gasteiger partial charge in [-0.25, -0.2) is 0 Å². The van der Waals surface area contributed by atoms with Gasteiger partial charge in [-0.3, -0.25) is 4.68 Å². The Labute approximate surface area is 102 Å². The van der Waals surface area contributed by atoms with Crippen molar-refractivity contribution < 1.29 is 0 Å². The molecule has 0 saturated heterocycles. The number of hydrogen-bond acceptors (Lipinski definition) is 2. The van der Waals surface area contributed by atoms with Gasteiger partial charge in [0.15, 0.2) is 0 Å². The summed E-state index contributed by atoms with van der Waals surface area (Å²) in [4.78, 5) is 0. The number of rotatable bonds is 1. The van der Waals surface area contributed by atoms with Gasteiger partial charge in [0.05, 0.1) is 16.9 Å². The van der Waals surface area contributed by atoms with Gasteiger partial charge in [0.25, 0.3) is 0 Å². The Bertz CT molecular complexity index is 405. The van der Waals surface area contributed by atoms with Crippen molar-refractivity contribution in [3.05, 3.63) is 11.9 Å². The molecular weight excluding hydrogens is 210 g/mol. The summed E-state index contributed by atoms with van der Waals surface area (Å²) in [7, 11) is 0. The molecule has 4 saturated carbocycles. The molecule has 1 aromatic heterocycles. The molecule has 1 aromatic rings. The Balaban J connectivity index is 1.77. The molecular formula is C14H21N3. The van der Waals surface area contributed by atoms with Gasteiger partial charge >= 0.3 is 0 Å². The van der Waals surface area contributed by atoms with Crippen LogP contribution in [-0.4, -0.2) is 9.78 Å². The zero-order valence-electron chi connectivity index (χ0n) is 10.5. The van der Waals surface area contributed by atoms with Crippen molar-refractivity contribution in [1.29, 1.82) is 0 Å². The maximum absolute atomic E-state index is 5.98. The number of anilines is 1. The summed E-state index contributed by atoms with van der Waals surface area (Å²) < 4.78 is 2.24. The lowest BCUT2D eigenvalue weighted by Gasteiger charge is -2.56. The van der Waals surface area contributed by atoms with Crippen LogP contribution in [-0.2, 0) is 5.54 Å². The monoisotopic (exact) mass is 231 g/mol. The van der Waals surface area contributed by atoms with Gasteiger partial charge in [-0.15, -0.1) is 0 Å². The van der Waals surface area contributed by atoms with Gasteiger partial charge in [0.2, 0.25) is 0 Å². The van der Waals surface area contributed by atoms with Crippen LogP contribution in [0.5, 0.6) is 0 Å². The van der Waals surface area contributed by atoms with E-state index in [0.29, 0.717) is 5.54 Å². The molecule has 0 unspecified atom stereocenters. The fourth-order valence-electron chi connectivity index (χ4n) is 5.06. The maximum atomic E-state index is 5.98. The quantitative estimate of drug-likeness (QED) is 0.807. The number of nitrogen functional groups attached to an aromatic ring is 1. The molecule has 4 fully saturated rings. The van der Waals surface area contributed by atoms with Crippen LogP contribution in [0.2, 0.25) is 0 Å². The summed E-state index contributed by atoms with van der Waals surface area (Å²) in [5, 5.41) is 4.69. The van der Waals surface area contributed by atoms with Crippen molar-refractivity contribution >= 4 is 5.69 Å². The van der Waals surface area contributed by atoms with Gasteiger partial charge in [-0.1, -0.05) is 0 Å². The SMILES string of the molecule is Cc1nn(C23CC4CC(CC(C4)C2)C3)cc1N. The van der Waals surface area contributed by atoms with Crippen LogP contribution in [0.25, 0.3) is 0 Å². The average molecular weight is 231 g/mol. The standard InChI is InChI=1S/C14H21N3/c1-9-13(15)8-17(16-9)14-5-10-2-11(6-14)4-12(3-10)7-14/h8,10-12H,2-7,15H2,1H3. The Morgan fingerprint density at radius 2 is 1.71 bits per heavy atom. The first kappa shape index (κ1) is 9.98. The fraction of sp³-hybridized carbons (Fsp3) is 0.786. The molecule has 0 spiro atoms. The Kier molecular flexibility index (Phi) is 1.80. The molecule has 3 heteroatoms. The summed E-state index contributed by atoms with van der Waals surface area (Å²) in [5.74, 6) is 2.89. The van der Waals surface area contributed by atoms with E-state index in [2.05, 4.69) is 10.9 Å². The van der Waals surface area contributed by atoms with Crippen molar-refractivity contribution in [3.8, 4) is 0 Å². The Hall–Kier alpha value is -0.990. The van der Waals surface area contributed by atoms with E-state index in [1.54, 1.807) is 0 Å². The molecule has 17 heavy (non-hydrogen) atoms. The maximum Gasteiger partial charge on any atom is 0.0823 e. The highest BCUT2D eigenvalue weighted by Gasteiger charge is 2.52. The summed E-state index contributed by atoms with van der Waals surface area (Å²) in [5.41, 5.74) is 8.17. The minimum absolute atomic E-state index is 0.330. The van der Waals surface area contributed by atoms with Crippen molar-refractivity contribution in [2.75, 3.05) is 5.73 Å². The van der Waals surface area contributed by atoms with Crippen LogP contribution in [0.3, 0.4) is 0 Å². The van der Waals surface area contributed by atoms with Gasteiger partial charge in [-0.05, 0) is 63.2 Å². The van der Waals surface area contributed by atoms with Crippen LogP contribution >= 0.6 is 0 Å². The fourth-order valence-corrected chi connectivity index (χ4v) is 5.06. The molecule has 0 aliphatic heterocycles. The normalized spacial score (nSPS) is 43.2. The lowest BCUT2D eigenvalue weighted by molar-refractivity contribution is -0.0494. The molecule has 4 bridgehead atoms. The molecule has 4 aliphatic carbocycles. The Morgan fingerprint density at radius 1 is 1.18 bits per heavy atom. The summed E-state index contributed by atoms with van der Waals surface area (Å²) in [6, 6.07) is 0. The van der Waals surface area contributed by atoms with E-state index >= 15 is 0 Å².